The standard InChI is InChI=1S/C17H18N2OS/c1-19(11-15(20)13-7-3-2-4-8-13)12-17-18-14-9-5-6-10-16(14)21-17/h2-10,15,20H,11-12H2,1H3. The minimum absolute atomic E-state index is 0.467. The molecule has 1 atom stereocenters. The van der Waals surface area contributed by atoms with Gasteiger partial charge < -0.3 is 5.11 Å². The molecule has 3 nitrogen and oxygen atoms in total. The Kier molecular flexibility index (Phi) is 4.29. The van der Waals surface area contributed by atoms with Crippen LogP contribution in [0, 0.1) is 0 Å². The number of hydrogen-bond acceptors (Lipinski definition) is 4. The van der Waals surface area contributed by atoms with E-state index in [1.54, 1.807) is 11.3 Å². The molecule has 4 heteroatoms. The number of rotatable bonds is 5. The first kappa shape index (κ1) is 14.2. The van der Waals surface area contributed by atoms with Crippen LogP contribution < -0.4 is 0 Å². The first-order valence-electron chi connectivity index (χ1n) is 6.98. The Morgan fingerprint density at radius 3 is 2.57 bits per heavy atom. The second kappa shape index (κ2) is 6.35. The summed E-state index contributed by atoms with van der Waals surface area (Å²) in [4.78, 5) is 6.73. The van der Waals surface area contributed by atoms with E-state index in [2.05, 4.69) is 16.0 Å². The average molecular weight is 298 g/mol. The number of aliphatic hydroxyl groups excluding tert-OH is 1. The highest BCUT2D eigenvalue weighted by Crippen LogP contribution is 2.23. The largest absolute Gasteiger partial charge is 0.387 e. The van der Waals surface area contributed by atoms with Gasteiger partial charge in [-0.25, -0.2) is 4.98 Å². The Labute approximate surface area is 128 Å². The van der Waals surface area contributed by atoms with E-state index in [9.17, 15) is 5.11 Å². The van der Waals surface area contributed by atoms with E-state index in [4.69, 9.17) is 0 Å². The highest BCUT2D eigenvalue weighted by atomic mass is 32.1. The molecular formula is C17H18N2OS. The SMILES string of the molecule is CN(Cc1nc2ccccc2s1)CC(O)c1ccccc1. The van der Waals surface area contributed by atoms with Gasteiger partial charge in [0.2, 0.25) is 0 Å². The van der Waals surface area contributed by atoms with Crippen LogP contribution in [0.25, 0.3) is 10.2 Å². The summed E-state index contributed by atoms with van der Waals surface area (Å²) in [5.74, 6) is 0. The summed E-state index contributed by atoms with van der Waals surface area (Å²) < 4.78 is 1.21. The predicted molar refractivity (Wildman–Crippen MR) is 87.4 cm³/mol. The van der Waals surface area contributed by atoms with Gasteiger partial charge in [0.25, 0.3) is 0 Å². The second-order valence-corrected chi connectivity index (χ2v) is 6.31. The lowest BCUT2D eigenvalue weighted by Crippen LogP contribution is -2.24. The van der Waals surface area contributed by atoms with Crippen LogP contribution in [0.15, 0.2) is 54.6 Å². The molecule has 1 heterocycles. The van der Waals surface area contributed by atoms with E-state index < -0.39 is 6.10 Å². The van der Waals surface area contributed by atoms with E-state index in [-0.39, 0.29) is 0 Å². The van der Waals surface area contributed by atoms with Crippen molar-refractivity contribution in [1.29, 1.82) is 0 Å². The zero-order valence-corrected chi connectivity index (χ0v) is 12.8. The van der Waals surface area contributed by atoms with Crippen LogP contribution in [0.2, 0.25) is 0 Å². The molecule has 0 aliphatic rings. The van der Waals surface area contributed by atoms with E-state index in [0.29, 0.717) is 6.54 Å². The Balaban J connectivity index is 1.64. The molecule has 0 bridgehead atoms. The molecule has 108 valence electrons. The number of aliphatic hydroxyl groups is 1. The third-order valence-corrected chi connectivity index (χ3v) is 4.43. The highest BCUT2D eigenvalue weighted by molar-refractivity contribution is 7.18. The van der Waals surface area contributed by atoms with Crippen molar-refractivity contribution in [3.05, 3.63) is 65.2 Å². The zero-order chi connectivity index (χ0) is 14.7. The molecule has 0 aliphatic carbocycles. The van der Waals surface area contributed by atoms with Crippen molar-refractivity contribution in [2.75, 3.05) is 13.6 Å². The molecule has 0 amide bonds. The van der Waals surface area contributed by atoms with Crippen LogP contribution in [-0.4, -0.2) is 28.6 Å². The van der Waals surface area contributed by atoms with Gasteiger partial charge in [0.05, 0.1) is 22.9 Å². The first-order valence-corrected chi connectivity index (χ1v) is 7.80. The maximum atomic E-state index is 10.3. The van der Waals surface area contributed by atoms with Crippen LogP contribution in [0.3, 0.4) is 0 Å². The summed E-state index contributed by atoms with van der Waals surface area (Å²) in [6.07, 6.45) is -0.467. The number of fused-ring (bicyclic) bond motifs is 1. The summed E-state index contributed by atoms with van der Waals surface area (Å²) in [6, 6.07) is 17.9. The highest BCUT2D eigenvalue weighted by Gasteiger charge is 2.12. The van der Waals surface area contributed by atoms with Crippen LogP contribution in [0.4, 0.5) is 0 Å². The number of benzene rings is 2. The van der Waals surface area contributed by atoms with Gasteiger partial charge in [0.1, 0.15) is 5.01 Å². The van der Waals surface area contributed by atoms with E-state index >= 15 is 0 Å². The van der Waals surface area contributed by atoms with Crippen molar-refractivity contribution in [2.24, 2.45) is 0 Å². The summed E-state index contributed by atoms with van der Waals surface area (Å²) >= 11 is 1.71. The molecule has 0 radical (unpaired) electrons. The fourth-order valence-corrected chi connectivity index (χ4v) is 3.41. The maximum Gasteiger partial charge on any atom is 0.108 e. The summed E-state index contributed by atoms with van der Waals surface area (Å²) in [7, 11) is 2.01. The third kappa shape index (κ3) is 3.47. The first-order chi connectivity index (χ1) is 10.2. The molecule has 0 spiro atoms. The fourth-order valence-electron chi connectivity index (χ4n) is 2.36. The Morgan fingerprint density at radius 2 is 1.81 bits per heavy atom. The zero-order valence-electron chi connectivity index (χ0n) is 11.9. The summed E-state index contributed by atoms with van der Waals surface area (Å²) in [5, 5.41) is 11.3. The number of likely N-dealkylation sites (N-methyl/N-ethyl adjacent to an activating group) is 1. The number of aromatic nitrogens is 1. The molecule has 0 fully saturated rings. The van der Waals surface area contributed by atoms with Crippen molar-refractivity contribution in [3.63, 3.8) is 0 Å². The predicted octanol–water partition coefficient (Wildman–Crippen LogP) is 3.46. The van der Waals surface area contributed by atoms with Crippen LogP contribution in [-0.2, 0) is 6.54 Å². The lowest BCUT2D eigenvalue weighted by Gasteiger charge is -2.19. The summed E-state index contributed by atoms with van der Waals surface area (Å²) in [5.41, 5.74) is 2.00. The number of hydrogen-bond donors (Lipinski definition) is 1. The van der Waals surface area contributed by atoms with Crippen molar-refractivity contribution in [2.45, 2.75) is 12.6 Å². The molecule has 0 aliphatic heterocycles. The lowest BCUT2D eigenvalue weighted by atomic mass is 10.1. The number of thiazole rings is 1. The molecule has 3 aromatic rings. The number of nitrogens with zero attached hydrogens (tertiary/aromatic N) is 2. The van der Waals surface area contributed by atoms with Gasteiger partial charge in [0, 0.05) is 6.54 Å². The van der Waals surface area contributed by atoms with Crippen LogP contribution >= 0.6 is 11.3 Å². The smallest absolute Gasteiger partial charge is 0.108 e. The van der Waals surface area contributed by atoms with Crippen molar-refractivity contribution < 1.29 is 5.11 Å². The van der Waals surface area contributed by atoms with E-state index in [0.717, 1.165) is 22.6 Å². The fraction of sp³-hybridized carbons (Fsp3) is 0.235. The summed E-state index contributed by atoms with van der Waals surface area (Å²) in [6.45, 7) is 1.35. The minimum atomic E-state index is -0.467. The van der Waals surface area contributed by atoms with Gasteiger partial charge in [-0.15, -0.1) is 11.3 Å². The van der Waals surface area contributed by atoms with E-state index in [1.165, 1.54) is 4.70 Å². The Hall–Kier alpha value is -1.75. The molecule has 1 unspecified atom stereocenters. The number of para-hydroxylation sites is 1. The molecule has 1 aromatic heterocycles. The van der Waals surface area contributed by atoms with Gasteiger partial charge in [0.15, 0.2) is 0 Å². The maximum absolute atomic E-state index is 10.3. The molecule has 3 rings (SSSR count). The monoisotopic (exact) mass is 298 g/mol. The lowest BCUT2D eigenvalue weighted by molar-refractivity contribution is 0.124. The third-order valence-electron chi connectivity index (χ3n) is 3.41. The van der Waals surface area contributed by atoms with Crippen molar-refractivity contribution >= 4 is 21.6 Å². The molecular weight excluding hydrogens is 280 g/mol. The quantitative estimate of drug-likeness (QED) is 0.783. The van der Waals surface area contributed by atoms with Gasteiger partial charge in [-0.05, 0) is 24.7 Å². The van der Waals surface area contributed by atoms with Crippen molar-refractivity contribution in [3.8, 4) is 0 Å². The second-order valence-electron chi connectivity index (χ2n) is 5.20. The van der Waals surface area contributed by atoms with Crippen LogP contribution in [0.5, 0.6) is 0 Å². The van der Waals surface area contributed by atoms with Crippen molar-refractivity contribution in [1.82, 2.24) is 9.88 Å². The van der Waals surface area contributed by atoms with Gasteiger partial charge in [-0.1, -0.05) is 42.5 Å². The normalized spacial score (nSPS) is 12.9. The topological polar surface area (TPSA) is 36.4 Å². The van der Waals surface area contributed by atoms with Crippen LogP contribution in [0.1, 0.15) is 16.7 Å². The Bertz CT molecular complexity index is 678. The average Bonchev–Trinajstić information content (AvgIpc) is 2.90. The Morgan fingerprint density at radius 1 is 1.10 bits per heavy atom. The van der Waals surface area contributed by atoms with E-state index in [1.807, 2.05) is 55.6 Å². The van der Waals surface area contributed by atoms with Gasteiger partial charge in [-0.3, -0.25) is 4.90 Å². The van der Waals surface area contributed by atoms with Gasteiger partial charge in [-0.2, -0.15) is 0 Å². The van der Waals surface area contributed by atoms with Gasteiger partial charge >= 0.3 is 0 Å². The molecule has 1 N–H and O–H groups in total. The molecule has 0 saturated heterocycles. The molecule has 0 saturated carbocycles. The molecule has 2 aromatic carbocycles. The molecule has 21 heavy (non-hydrogen) atoms. The minimum Gasteiger partial charge on any atom is -0.387 e.